The van der Waals surface area contributed by atoms with Gasteiger partial charge in [0.15, 0.2) is 0 Å². The molecule has 1 nitrogen and oxygen atoms in total. The molecule has 0 aromatic rings. The first-order chi connectivity index (χ1) is 4.88. The van der Waals surface area contributed by atoms with Crippen LogP contribution in [0.2, 0.25) is 0 Å². The van der Waals surface area contributed by atoms with E-state index in [2.05, 4.69) is 4.90 Å². The zero-order chi connectivity index (χ0) is 6.60. The van der Waals surface area contributed by atoms with E-state index < -0.39 is 0 Å². The fourth-order valence-electron chi connectivity index (χ4n) is 2.87. The molecule has 2 heterocycles. The van der Waals surface area contributed by atoms with Crippen LogP contribution in [0.3, 0.4) is 0 Å². The van der Waals surface area contributed by atoms with E-state index in [-0.39, 0.29) is 0 Å². The third-order valence-electron chi connectivity index (χ3n) is 3.66. The lowest BCUT2D eigenvalue weighted by atomic mass is 10.0. The molecule has 0 aromatic carbocycles. The summed E-state index contributed by atoms with van der Waals surface area (Å²) < 4.78 is 0. The van der Waals surface area contributed by atoms with Crippen LogP contribution in [0.15, 0.2) is 0 Å². The lowest BCUT2D eigenvalue weighted by Crippen LogP contribution is -2.22. The summed E-state index contributed by atoms with van der Waals surface area (Å²) in [6.07, 6.45) is 7.61. The van der Waals surface area contributed by atoms with Crippen LogP contribution in [-0.4, -0.2) is 24.0 Å². The van der Waals surface area contributed by atoms with E-state index in [4.69, 9.17) is 0 Å². The van der Waals surface area contributed by atoms with Crippen LogP contribution in [0.1, 0.15) is 32.1 Å². The summed E-state index contributed by atoms with van der Waals surface area (Å²) in [4.78, 5) is 2.73. The highest BCUT2D eigenvalue weighted by atomic mass is 15.2. The van der Waals surface area contributed by atoms with Crippen molar-refractivity contribution in [1.82, 2.24) is 4.90 Å². The maximum Gasteiger partial charge on any atom is 0.0102 e. The van der Waals surface area contributed by atoms with Gasteiger partial charge in [0.1, 0.15) is 0 Å². The molecule has 2 saturated heterocycles. The second-order valence-corrected chi connectivity index (χ2v) is 4.47. The van der Waals surface area contributed by atoms with Gasteiger partial charge in [-0.05, 0) is 44.1 Å². The molecule has 1 saturated carbocycles. The van der Waals surface area contributed by atoms with E-state index in [0.717, 1.165) is 11.5 Å². The molecule has 3 aliphatic rings. The summed E-state index contributed by atoms with van der Waals surface area (Å²) in [6, 6.07) is 1.02. The lowest BCUT2D eigenvalue weighted by Gasteiger charge is -2.12. The maximum atomic E-state index is 2.73. The van der Waals surface area contributed by atoms with Crippen LogP contribution < -0.4 is 0 Å². The normalized spacial score (nSPS) is 42.6. The van der Waals surface area contributed by atoms with E-state index in [9.17, 15) is 0 Å². The Morgan fingerprint density at radius 1 is 1.30 bits per heavy atom. The van der Waals surface area contributed by atoms with Crippen molar-refractivity contribution >= 4 is 0 Å². The van der Waals surface area contributed by atoms with Gasteiger partial charge in [-0.15, -0.1) is 0 Å². The smallest absolute Gasteiger partial charge is 0.0102 e. The van der Waals surface area contributed by atoms with Crippen LogP contribution in [0.4, 0.5) is 0 Å². The Labute approximate surface area is 62.4 Å². The second-order valence-electron chi connectivity index (χ2n) is 4.47. The minimum absolute atomic E-state index is 0.866. The molecule has 1 spiro atoms. The second kappa shape index (κ2) is 1.58. The van der Waals surface area contributed by atoms with E-state index in [1.54, 1.807) is 19.3 Å². The van der Waals surface area contributed by atoms with Gasteiger partial charge >= 0.3 is 0 Å². The summed E-state index contributed by atoms with van der Waals surface area (Å²) in [7, 11) is 0. The van der Waals surface area contributed by atoms with Gasteiger partial charge in [0, 0.05) is 12.6 Å². The Morgan fingerprint density at radius 3 is 2.90 bits per heavy atom. The molecular weight excluding hydrogens is 122 g/mol. The molecule has 0 amide bonds. The molecule has 1 aliphatic carbocycles. The van der Waals surface area contributed by atoms with Crippen molar-refractivity contribution in [2.75, 3.05) is 13.1 Å². The van der Waals surface area contributed by atoms with Crippen molar-refractivity contribution in [3.63, 3.8) is 0 Å². The van der Waals surface area contributed by atoms with E-state index in [1.807, 2.05) is 0 Å². The van der Waals surface area contributed by atoms with Crippen molar-refractivity contribution in [3.8, 4) is 0 Å². The predicted octanol–water partition coefficient (Wildman–Crippen LogP) is 1.63. The highest BCUT2D eigenvalue weighted by Crippen LogP contribution is 2.56. The molecule has 10 heavy (non-hydrogen) atoms. The Balaban J connectivity index is 1.82. The molecule has 1 heteroatoms. The Kier molecular flexibility index (Phi) is 0.883. The summed E-state index contributed by atoms with van der Waals surface area (Å²) >= 11 is 0. The fourth-order valence-corrected chi connectivity index (χ4v) is 2.87. The summed E-state index contributed by atoms with van der Waals surface area (Å²) in [6.45, 7) is 2.87. The highest BCUT2D eigenvalue weighted by molar-refractivity contribution is 5.05. The van der Waals surface area contributed by atoms with E-state index in [0.29, 0.717) is 0 Å². The molecular formula is C9H15N. The standard InChI is InChI=1S/C9H15N/c1-2-8-6-9(3-4-9)7-10(8)5-1/h8H,1-7H2. The third-order valence-corrected chi connectivity index (χ3v) is 3.66. The van der Waals surface area contributed by atoms with Gasteiger partial charge < -0.3 is 0 Å². The van der Waals surface area contributed by atoms with Crippen LogP contribution in [0.25, 0.3) is 0 Å². The third kappa shape index (κ3) is 0.619. The van der Waals surface area contributed by atoms with Gasteiger partial charge in [-0.1, -0.05) is 0 Å². The highest BCUT2D eigenvalue weighted by Gasteiger charge is 2.52. The predicted molar refractivity (Wildman–Crippen MR) is 40.9 cm³/mol. The SMILES string of the molecule is C1CC2CC3(CC3)CN2C1. The number of hydrogen-bond donors (Lipinski definition) is 0. The van der Waals surface area contributed by atoms with Gasteiger partial charge in [-0.3, -0.25) is 4.90 Å². The molecule has 0 N–H and O–H groups in total. The summed E-state index contributed by atoms with van der Waals surface area (Å²) in [5.74, 6) is 0. The first-order valence-corrected chi connectivity index (χ1v) is 4.62. The van der Waals surface area contributed by atoms with Gasteiger partial charge in [0.2, 0.25) is 0 Å². The van der Waals surface area contributed by atoms with Crippen LogP contribution >= 0.6 is 0 Å². The average molecular weight is 137 g/mol. The van der Waals surface area contributed by atoms with Gasteiger partial charge in [-0.25, -0.2) is 0 Å². The van der Waals surface area contributed by atoms with E-state index in [1.165, 1.54) is 25.9 Å². The largest absolute Gasteiger partial charge is 0.300 e. The molecule has 0 bridgehead atoms. The van der Waals surface area contributed by atoms with Crippen molar-refractivity contribution in [1.29, 1.82) is 0 Å². The maximum absolute atomic E-state index is 2.73. The number of rotatable bonds is 0. The van der Waals surface area contributed by atoms with Crippen molar-refractivity contribution in [3.05, 3.63) is 0 Å². The molecule has 1 unspecified atom stereocenters. The molecule has 56 valence electrons. The summed E-state index contributed by atoms with van der Waals surface area (Å²) in [5, 5.41) is 0. The molecule has 1 atom stereocenters. The monoisotopic (exact) mass is 137 g/mol. The minimum Gasteiger partial charge on any atom is -0.300 e. The van der Waals surface area contributed by atoms with E-state index >= 15 is 0 Å². The number of hydrogen-bond acceptors (Lipinski definition) is 1. The van der Waals surface area contributed by atoms with Crippen molar-refractivity contribution in [2.24, 2.45) is 5.41 Å². The van der Waals surface area contributed by atoms with Gasteiger partial charge in [0.25, 0.3) is 0 Å². The molecule has 2 aliphatic heterocycles. The topological polar surface area (TPSA) is 3.24 Å². The Bertz CT molecular complexity index is 146. The molecule has 3 rings (SSSR count). The average Bonchev–Trinajstić information content (AvgIpc) is 2.28. The van der Waals surface area contributed by atoms with Gasteiger partial charge in [0.05, 0.1) is 0 Å². The zero-order valence-electron chi connectivity index (χ0n) is 6.47. The Morgan fingerprint density at radius 2 is 2.20 bits per heavy atom. The number of fused-ring (bicyclic) bond motifs is 1. The summed E-state index contributed by atoms with van der Waals surface area (Å²) in [5.41, 5.74) is 0.866. The lowest BCUT2D eigenvalue weighted by molar-refractivity contribution is 0.315. The molecule has 3 fully saturated rings. The molecule has 0 aromatic heterocycles. The van der Waals surface area contributed by atoms with Gasteiger partial charge in [-0.2, -0.15) is 0 Å². The van der Waals surface area contributed by atoms with Crippen LogP contribution in [-0.2, 0) is 0 Å². The minimum atomic E-state index is 0.866. The fraction of sp³-hybridized carbons (Fsp3) is 1.00. The quantitative estimate of drug-likeness (QED) is 0.490. The van der Waals surface area contributed by atoms with Crippen LogP contribution in [0.5, 0.6) is 0 Å². The van der Waals surface area contributed by atoms with Crippen LogP contribution in [0, 0.1) is 5.41 Å². The first kappa shape index (κ1) is 5.59. The zero-order valence-corrected chi connectivity index (χ0v) is 6.47. The molecule has 0 radical (unpaired) electrons. The Hall–Kier alpha value is -0.0400. The van der Waals surface area contributed by atoms with Crippen molar-refractivity contribution in [2.45, 2.75) is 38.1 Å². The first-order valence-electron chi connectivity index (χ1n) is 4.62. The number of nitrogens with zero attached hydrogens (tertiary/aromatic N) is 1. The van der Waals surface area contributed by atoms with Crippen molar-refractivity contribution < 1.29 is 0 Å².